The van der Waals surface area contributed by atoms with Crippen LogP contribution in [-0.2, 0) is 133 Å². The van der Waals surface area contributed by atoms with Gasteiger partial charge in [-0.1, -0.05) is 85.1 Å². The Morgan fingerprint density at radius 2 is 0.278 bits per heavy atom. The van der Waals surface area contributed by atoms with Crippen LogP contribution in [0.1, 0.15) is 0 Å². The first-order valence-electron chi connectivity index (χ1n) is 38.6. The van der Waals surface area contributed by atoms with E-state index < -0.39 is 261 Å². The third kappa shape index (κ3) is 34.2. The third-order valence-corrected chi connectivity index (χ3v) is 20.0. The quantitative estimate of drug-likeness (QED) is 0.0199. The van der Waals surface area contributed by atoms with Crippen LogP contribution in [0.3, 0.4) is 0 Å². The highest BCUT2D eigenvalue weighted by molar-refractivity contribution is 5.05. The van der Waals surface area contributed by atoms with E-state index >= 15 is 0 Å². The smallest absolute Gasteiger partial charge is 0.187 e. The predicted molar refractivity (Wildman–Crippen MR) is 380 cm³/mol. The summed E-state index contributed by atoms with van der Waals surface area (Å²) in [5.41, 5.74) is 0. The van der Waals surface area contributed by atoms with Crippen molar-refractivity contribution in [3.8, 4) is 0 Å². The van der Waals surface area contributed by atoms with Crippen molar-refractivity contribution in [2.24, 2.45) is 0 Å². The summed E-state index contributed by atoms with van der Waals surface area (Å²) in [6.07, 6.45) is -42.7. The lowest BCUT2D eigenvalue weighted by Crippen LogP contribution is -3.00. The molecule has 35 N–H and O–H groups in total. The topological polar surface area (TPSA) is 735 Å². The number of fused-ring (bicyclic) bond motifs is 7. The van der Waals surface area contributed by atoms with Gasteiger partial charge in [-0.05, 0) is 0 Å². The van der Waals surface area contributed by atoms with Crippen LogP contribution >= 0.6 is 0 Å². The van der Waals surface area contributed by atoms with Crippen molar-refractivity contribution in [1.29, 1.82) is 0 Å². The maximum absolute atomic E-state index is 12.8. The molecular weight excluding hydrogens is 1860 g/mol. The van der Waals surface area contributed by atoms with Gasteiger partial charge < -0.3 is 258 Å². The van der Waals surface area contributed by atoms with E-state index in [-0.39, 0.29) is 179 Å². The minimum atomic E-state index is -2.00. The van der Waals surface area contributed by atoms with E-state index in [1.165, 1.54) is 85.1 Å². The van der Waals surface area contributed by atoms with Gasteiger partial charge in [0.1, 0.15) is 217 Å². The molecule has 0 saturated carbocycles. The molecule has 0 aliphatic carbocycles. The molecule has 49 nitrogen and oxygen atoms in total. The second-order valence-electron chi connectivity index (χ2n) is 27.7. The molecule has 56 heteroatoms. The van der Waals surface area contributed by atoms with Crippen LogP contribution in [0.4, 0.5) is 0 Å². The molecule has 14 bridgehead atoms. The third-order valence-electron chi connectivity index (χ3n) is 20.0. The van der Waals surface area contributed by atoms with Gasteiger partial charge in [0.25, 0.3) is 0 Å². The Morgan fingerprint density at radius 3 is 0.373 bits per heavy atom. The zero-order valence-corrected chi connectivity index (χ0v) is 73.7. The van der Waals surface area contributed by atoms with Crippen LogP contribution in [0.2, 0.25) is 0 Å². The second-order valence-corrected chi connectivity index (χ2v) is 27.7. The van der Waals surface area contributed by atoms with Gasteiger partial charge in [0.05, 0.1) is 92.5 Å². The summed E-state index contributed by atoms with van der Waals surface area (Å²) in [6, 6.07) is 0. The second kappa shape index (κ2) is 66.6. The summed E-state index contributed by atoms with van der Waals surface area (Å²) >= 11 is 0. The number of aliphatic hydroxyl groups is 14. The largest absolute Gasteiger partial charge is 1.00 e. The Morgan fingerprint density at radius 1 is 0.175 bits per heavy atom. The fourth-order valence-electron chi connectivity index (χ4n) is 14.2. The van der Waals surface area contributed by atoms with Crippen molar-refractivity contribution < 1.29 is 333 Å². The first-order chi connectivity index (χ1) is 57.9. The molecule has 0 aromatic heterocycles. The number of quaternary nitrogens is 7. The molecule has 0 unspecified atom stereocenters. The normalized spacial score (nSPS) is 38.3. The molecule has 0 radical (unpaired) electrons. The highest BCUT2D eigenvalue weighted by Crippen LogP contribution is 2.42. The van der Waals surface area contributed by atoms with Gasteiger partial charge >= 0.3 is 0 Å². The first-order valence-corrected chi connectivity index (χ1v) is 38.6. The molecule has 742 valence electrons. The summed E-state index contributed by atoms with van der Waals surface area (Å²) in [5, 5.41) is 169. The number of ether oxygens (including phenoxy) is 21. The molecule has 15 heterocycles. The number of hydrogen-bond acceptors (Lipinski definition) is 42. The van der Waals surface area contributed by atoms with Crippen molar-refractivity contribution in [2.45, 2.75) is 215 Å². The zero-order valence-electron chi connectivity index (χ0n) is 68.4. The molecule has 15 aliphatic heterocycles. The highest BCUT2D eigenvalue weighted by atomic mass is 35.5. The maximum Gasteiger partial charge on any atom is 0.187 e. The lowest BCUT2D eigenvalue weighted by atomic mass is 9.95. The predicted octanol–water partition coefficient (Wildman–Crippen LogP) is -37.9. The zero-order chi connectivity index (χ0) is 85.8. The van der Waals surface area contributed by atoms with E-state index in [9.17, 15) is 71.5 Å². The molecule has 15 saturated heterocycles. The molecule has 0 aromatic carbocycles. The van der Waals surface area contributed by atoms with Crippen LogP contribution in [0.5, 0.6) is 0 Å². The fourth-order valence-corrected chi connectivity index (χ4v) is 14.2. The molecule has 35 atom stereocenters. The summed E-state index contributed by atoms with van der Waals surface area (Å²) in [6.45, 7) is -9.42. The Hall–Kier alpha value is -1.75. The molecule has 0 spiro atoms. The molecule has 15 fully saturated rings. The average Bonchev–Trinajstić information content (AvgIpc) is 0.768. The fraction of sp³-hybridized carbons (Fsp3) is 0.800. The lowest BCUT2D eigenvalue weighted by molar-refractivity contribution is -0.686. The molecule has 126 heavy (non-hydrogen) atoms. The first kappa shape index (κ1) is 122. The lowest BCUT2D eigenvalue weighted by Gasteiger charge is -2.51. The Bertz CT molecular complexity index is 2480. The van der Waals surface area contributed by atoms with E-state index in [1.54, 1.807) is 0 Å². The molecule has 15 aliphatic rings. The molecule has 0 amide bonds. The summed E-state index contributed by atoms with van der Waals surface area (Å²) in [7, 11) is 0. The molecular formula is C70H126Cl7N7O42. The Balaban J connectivity index is 0.0000113. The Labute approximate surface area is 767 Å². The Kier molecular flexibility index (Phi) is 64.7. The van der Waals surface area contributed by atoms with E-state index in [2.05, 4.69) is 41.3 Å². The van der Waals surface area contributed by atoms with Crippen LogP contribution in [0.15, 0.2) is 85.1 Å². The number of aliphatic hydroxyl groups excluding tert-OH is 14. The standard InChI is InChI=1S/C70H126N7O42.7ClH/c71-99-22-8-1-15-92-57-43(85)50-36(29-78)106-64(57)113-51-37(30-79)107-66(58(44(51)86)93-16-2-9-23-100-72)115-53-39(32-81)109-68(60(46(53)88)95-18-4-11-25-102-74)117-55-41(34-83)111-70(62(48(55)90)97-20-6-13-27-104-76)119-56-42(35-84)112-69(63(49(56)91)98-21-7-14-28-105-77)118-54-40(33-82)110-67(61(47(54)89)96-19-5-12-26-103-75)116-52-38(31-80)108-65(114-50)59(45(52)87)94-17-3-10-24-101-73;;;;;;;/h1-14,36-70,78-91H,15-35H2,71-77H3;7*1H/q+7;;;;;;;/p-7/b8-1+,9-2+,10-3+,11-4+,12-5+,13-6+,14-7+;;;;;;;/t36-,37-,38-,39-,40-,41-,42-,43+,44+,45+,46+,47+,48+,49+,50-,51-,52-,53-,54-,55-,56-,57-,58-,59-,60-,61-,62-,63-,64-,65-,66-,67-,68-,69-,70-;;;;;;;/m1......./s1. The summed E-state index contributed by atoms with van der Waals surface area (Å²) in [4.78, 5) is 34.5. The van der Waals surface area contributed by atoms with Crippen molar-refractivity contribution in [1.82, 2.24) is 0 Å². The minimum absolute atomic E-state index is 0. The van der Waals surface area contributed by atoms with Crippen LogP contribution in [0.25, 0.3) is 0 Å². The van der Waals surface area contributed by atoms with Crippen molar-refractivity contribution in [3.05, 3.63) is 85.1 Å². The van der Waals surface area contributed by atoms with Crippen LogP contribution < -0.4 is 128 Å². The van der Waals surface area contributed by atoms with Gasteiger partial charge in [0, 0.05) is 0 Å². The van der Waals surface area contributed by atoms with Gasteiger partial charge in [-0.25, -0.2) is 75.1 Å². The average molecular weight is 1990 g/mol. The number of hydrogen-bond donors (Lipinski definition) is 21. The van der Waals surface area contributed by atoms with Crippen LogP contribution in [-0.4, -0.2) is 425 Å². The SMILES string of the molecule is [Cl-].[Cl-].[Cl-].[Cl-].[Cl-].[Cl-].[Cl-].[NH3+]OC/C=C/CO[C@H]1[C@H]2O[C@H]3[C@H](O)[C@@H](OC/C=C/CO[NH3+])[C@@H](O[C@H]4[C@H](O)[C@@H](OC/C=C/CO[NH3+])[C@@H](O[C@H]5[C@H](O)[C@@H](OC/C=C/CO[NH3+])[C@@H](O[C@H]6[C@H](O)[C@@H](OC/C=C/CO[NH3+])[C@@H](O[C@H]7[C@H](O)[C@@H](OC/C=C/CO[NH3+])[C@@H](O[C@H]8[C@H](O)[C@@H](OC/C=C/CO[NH3+])[C@@H](O[C@@H]([C@@H]1O)[C@@H](CO)O2)O[C@@H]8CO)O[C@@H]7CO)O[C@@H]6CO)O[C@@H]5CO)O[C@@H]4CO)O[C@@H]3CO. The molecule has 15 rings (SSSR count). The van der Waals surface area contributed by atoms with Crippen molar-refractivity contribution in [3.63, 3.8) is 0 Å². The van der Waals surface area contributed by atoms with Crippen molar-refractivity contribution >= 4 is 0 Å². The summed E-state index contributed by atoms with van der Waals surface area (Å²) in [5.74, 6) is 23.6. The summed E-state index contributed by atoms with van der Waals surface area (Å²) < 4.78 is 135. The number of rotatable bonds is 42. The number of halogens is 7. The van der Waals surface area contributed by atoms with Crippen LogP contribution in [0, 0.1) is 0 Å². The highest BCUT2D eigenvalue weighted by Gasteiger charge is 2.61. The van der Waals surface area contributed by atoms with E-state index in [1.807, 2.05) is 0 Å². The monoisotopic (exact) mass is 1980 g/mol. The van der Waals surface area contributed by atoms with E-state index in [0.717, 1.165) is 0 Å². The van der Waals surface area contributed by atoms with Gasteiger partial charge in [-0.15, -0.1) is 0 Å². The van der Waals surface area contributed by atoms with Gasteiger partial charge in [-0.3, -0.25) is 0 Å². The van der Waals surface area contributed by atoms with E-state index in [0.29, 0.717) is 0 Å². The minimum Gasteiger partial charge on any atom is -1.00 e. The van der Waals surface area contributed by atoms with Gasteiger partial charge in [0.2, 0.25) is 0 Å². The molecule has 0 aromatic rings. The van der Waals surface area contributed by atoms with Gasteiger partial charge in [-0.2, -0.15) is 0 Å². The van der Waals surface area contributed by atoms with Crippen molar-refractivity contribution in [2.75, 3.05) is 139 Å². The maximum atomic E-state index is 12.8. The van der Waals surface area contributed by atoms with E-state index in [4.69, 9.17) is 133 Å². The van der Waals surface area contributed by atoms with Gasteiger partial charge in [0.15, 0.2) is 44.0 Å².